The van der Waals surface area contributed by atoms with Gasteiger partial charge in [0, 0.05) is 26.1 Å². The van der Waals surface area contributed by atoms with Gasteiger partial charge < -0.3 is 5.32 Å². The molecule has 0 aliphatic rings. The first kappa shape index (κ1) is 40.1. The number of aryl methyl sites for hydroxylation is 1. The van der Waals surface area contributed by atoms with Gasteiger partial charge in [-0.25, -0.2) is 0 Å². The van der Waals surface area contributed by atoms with Crippen molar-refractivity contribution in [3.63, 3.8) is 0 Å². The smallest absolute Gasteiger partial charge is 0.253 e. The van der Waals surface area contributed by atoms with E-state index in [-0.39, 0.29) is 11.3 Å². The van der Waals surface area contributed by atoms with Gasteiger partial charge >= 0.3 is 0 Å². The van der Waals surface area contributed by atoms with Gasteiger partial charge in [-0.15, -0.1) is 35.3 Å². The Kier molecular flexibility index (Phi) is 20.1. The van der Waals surface area contributed by atoms with E-state index in [0.29, 0.717) is 0 Å². The number of thiol groups is 1. The molecule has 1 amide bonds. The predicted octanol–water partition coefficient (Wildman–Crippen LogP) is 14.1. The van der Waals surface area contributed by atoms with Crippen LogP contribution in [0.3, 0.4) is 0 Å². The summed E-state index contributed by atoms with van der Waals surface area (Å²) in [4.78, 5) is 20.0. The Morgan fingerprint density at radius 2 is 1.29 bits per heavy atom. The van der Waals surface area contributed by atoms with Gasteiger partial charge in [0.1, 0.15) is 0 Å². The summed E-state index contributed by atoms with van der Waals surface area (Å²) < 4.78 is 0. The van der Waals surface area contributed by atoms with Crippen LogP contribution in [0.4, 0.5) is 0 Å². The van der Waals surface area contributed by atoms with Crippen molar-refractivity contribution >= 4 is 46.1 Å². The largest absolute Gasteiger partial charge is 0.352 e. The summed E-state index contributed by atoms with van der Waals surface area (Å²) in [5.41, 5.74) is 3.44. The molecule has 0 fully saturated rings. The van der Waals surface area contributed by atoms with Crippen LogP contribution in [0, 0.1) is 6.92 Å². The van der Waals surface area contributed by atoms with E-state index in [0.717, 1.165) is 41.8 Å². The third-order valence-corrected chi connectivity index (χ3v) is 12.5. The van der Waals surface area contributed by atoms with E-state index in [4.69, 9.17) is 12.6 Å². The molecule has 0 saturated heterocycles. The van der Waals surface area contributed by atoms with Gasteiger partial charge in [-0.05, 0) is 61.6 Å². The van der Waals surface area contributed by atoms with Crippen molar-refractivity contribution in [3.05, 3.63) is 38.6 Å². The van der Waals surface area contributed by atoms with Crippen LogP contribution in [0.5, 0.6) is 0 Å². The second kappa shape index (κ2) is 22.5. The van der Waals surface area contributed by atoms with Crippen LogP contribution in [0.15, 0.2) is 12.1 Å². The first-order valence-electron chi connectivity index (χ1n) is 18.6. The molecule has 2 aromatic heterocycles. The highest BCUT2D eigenvalue weighted by molar-refractivity contribution is 7.90. The predicted molar refractivity (Wildman–Crippen MR) is 209 cm³/mol. The second-order valence-corrected chi connectivity index (χ2v) is 16.7. The number of amides is 1. The summed E-state index contributed by atoms with van der Waals surface area (Å²) in [6.45, 7) is 16.6. The van der Waals surface area contributed by atoms with Gasteiger partial charge in [0.15, 0.2) is 0 Å². The standard InChI is InChI=1S/C40H67NOS3/c1-8-11-14-16-18-19-20-21-22-25-28-33(43)34-30-32(27-24-13-10-3)36(44-34)37-35(31(4)38(45-37)40(5,6)7)39(42)41-29-26-23-17-15-12-9-2/h28,30,43H,8-27,29H2,1-7H3,(H,41,42)/b33-28-. The number of carbonyl (C=O) groups is 1. The summed E-state index contributed by atoms with van der Waals surface area (Å²) in [6.07, 6.45) is 27.7. The van der Waals surface area contributed by atoms with Gasteiger partial charge in [-0.1, -0.05) is 144 Å². The number of thiophene rings is 2. The summed E-state index contributed by atoms with van der Waals surface area (Å²) in [6, 6.07) is 2.38. The summed E-state index contributed by atoms with van der Waals surface area (Å²) in [5.74, 6) is 0.101. The van der Waals surface area contributed by atoms with Crippen LogP contribution >= 0.6 is 35.3 Å². The molecule has 0 aliphatic carbocycles. The minimum absolute atomic E-state index is 0.00606. The SMILES string of the molecule is CCCCCCCCCCC/C=C(\S)c1cc(CCCCC)c(-c2sc(C(C)(C)C)c(C)c2C(=O)NCCCCCCCC)s1. The van der Waals surface area contributed by atoms with Crippen LogP contribution < -0.4 is 5.32 Å². The molecule has 0 radical (unpaired) electrons. The summed E-state index contributed by atoms with van der Waals surface area (Å²) >= 11 is 8.71. The van der Waals surface area contributed by atoms with E-state index in [1.54, 1.807) is 0 Å². The molecule has 0 spiro atoms. The van der Waals surface area contributed by atoms with Crippen molar-refractivity contribution in [2.24, 2.45) is 0 Å². The fourth-order valence-electron chi connectivity index (χ4n) is 6.15. The Labute approximate surface area is 292 Å². The van der Waals surface area contributed by atoms with Crippen molar-refractivity contribution in [1.29, 1.82) is 0 Å². The zero-order valence-electron chi connectivity index (χ0n) is 30.2. The van der Waals surface area contributed by atoms with E-state index in [2.05, 4.69) is 65.9 Å². The van der Waals surface area contributed by atoms with Crippen molar-refractivity contribution < 1.29 is 4.79 Å². The average Bonchev–Trinajstić information content (AvgIpc) is 3.58. The molecule has 1 N–H and O–H groups in total. The molecule has 0 unspecified atom stereocenters. The second-order valence-electron chi connectivity index (χ2n) is 14.2. The Bertz CT molecular complexity index is 1130. The molecule has 2 heterocycles. The first-order chi connectivity index (χ1) is 21.6. The van der Waals surface area contributed by atoms with Gasteiger partial charge in [-0.2, -0.15) is 0 Å². The van der Waals surface area contributed by atoms with E-state index >= 15 is 0 Å². The van der Waals surface area contributed by atoms with Crippen LogP contribution in [0.1, 0.15) is 195 Å². The number of carbonyl (C=O) groups excluding carboxylic acids is 1. The van der Waals surface area contributed by atoms with Gasteiger partial charge in [0.25, 0.3) is 5.91 Å². The zero-order chi connectivity index (χ0) is 33.1. The number of hydrogen-bond acceptors (Lipinski definition) is 4. The number of rotatable bonds is 24. The number of allylic oxidation sites excluding steroid dienone is 1. The summed E-state index contributed by atoms with van der Waals surface area (Å²) in [5, 5.41) is 3.31. The van der Waals surface area contributed by atoms with Crippen LogP contribution in [0.25, 0.3) is 14.7 Å². The number of hydrogen-bond donors (Lipinski definition) is 2. The molecular weight excluding hydrogens is 607 g/mol. The Hall–Kier alpha value is -1.04. The molecule has 2 nitrogen and oxygen atoms in total. The monoisotopic (exact) mass is 673 g/mol. The molecule has 256 valence electrons. The molecule has 0 aliphatic heterocycles. The highest BCUT2D eigenvalue weighted by Gasteiger charge is 2.29. The minimum Gasteiger partial charge on any atom is -0.352 e. The Morgan fingerprint density at radius 1 is 0.756 bits per heavy atom. The third kappa shape index (κ3) is 14.3. The lowest BCUT2D eigenvalue weighted by molar-refractivity contribution is 0.0953. The lowest BCUT2D eigenvalue weighted by Crippen LogP contribution is -2.25. The Balaban J connectivity index is 2.23. The maximum absolute atomic E-state index is 13.8. The lowest BCUT2D eigenvalue weighted by atomic mass is 9.90. The van der Waals surface area contributed by atoms with Crippen molar-refractivity contribution in [2.45, 2.75) is 182 Å². The first-order valence-corrected chi connectivity index (χ1v) is 20.7. The quantitative estimate of drug-likeness (QED) is 0.0843. The van der Waals surface area contributed by atoms with Crippen molar-refractivity contribution in [2.75, 3.05) is 6.54 Å². The zero-order valence-corrected chi connectivity index (χ0v) is 32.7. The van der Waals surface area contributed by atoms with Crippen LogP contribution in [-0.4, -0.2) is 12.5 Å². The molecule has 0 atom stereocenters. The normalized spacial score (nSPS) is 12.3. The van der Waals surface area contributed by atoms with Gasteiger partial charge in [0.2, 0.25) is 0 Å². The molecule has 2 rings (SSSR count). The Morgan fingerprint density at radius 3 is 1.87 bits per heavy atom. The van der Waals surface area contributed by atoms with E-state index in [1.165, 1.54) is 134 Å². The highest BCUT2D eigenvalue weighted by atomic mass is 32.1. The molecule has 45 heavy (non-hydrogen) atoms. The third-order valence-electron chi connectivity index (χ3n) is 8.83. The molecule has 5 heteroatoms. The molecule has 0 aromatic carbocycles. The number of unbranched alkanes of at least 4 members (excludes halogenated alkanes) is 16. The molecule has 2 aromatic rings. The average molecular weight is 674 g/mol. The van der Waals surface area contributed by atoms with Crippen molar-refractivity contribution in [1.82, 2.24) is 5.32 Å². The maximum Gasteiger partial charge on any atom is 0.253 e. The van der Waals surface area contributed by atoms with Crippen molar-refractivity contribution in [3.8, 4) is 9.75 Å². The topological polar surface area (TPSA) is 29.1 Å². The van der Waals surface area contributed by atoms with E-state index in [9.17, 15) is 4.79 Å². The van der Waals surface area contributed by atoms with E-state index < -0.39 is 0 Å². The molecule has 0 bridgehead atoms. The summed E-state index contributed by atoms with van der Waals surface area (Å²) in [7, 11) is 0. The molecule has 0 saturated carbocycles. The minimum atomic E-state index is -0.00606. The van der Waals surface area contributed by atoms with E-state index in [1.807, 2.05) is 22.7 Å². The number of nitrogens with one attached hydrogen (secondary N) is 1. The van der Waals surface area contributed by atoms with Crippen LogP contribution in [0.2, 0.25) is 0 Å². The fourth-order valence-corrected chi connectivity index (χ4v) is 9.16. The highest BCUT2D eigenvalue weighted by Crippen LogP contribution is 2.47. The fraction of sp³-hybridized carbons (Fsp3) is 0.725. The molecular formula is C40H67NOS3. The van der Waals surface area contributed by atoms with Gasteiger partial charge in [0.05, 0.1) is 10.4 Å². The van der Waals surface area contributed by atoms with Gasteiger partial charge in [-0.3, -0.25) is 4.79 Å². The lowest BCUT2D eigenvalue weighted by Gasteiger charge is -2.17. The maximum atomic E-state index is 13.8. The van der Waals surface area contributed by atoms with Crippen LogP contribution in [-0.2, 0) is 11.8 Å².